The van der Waals surface area contributed by atoms with E-state index in [1.54, 1.807) is 0 Å². The highest BCUT2D eigenvalue weighted by atomic mass is 16.2. The summed E-state index contributed by atoms with van der Waals surface area (Å²) in [6.07, 6.45) is 6.17. The molecule has 7 heteroatoms. The first kappa shape index (κ1) is 23.5. The van der Waals surface area contributed by atoms with E-state index in [1.807, 2.05) is 10.7 Å². The number of likely N-dealkylation sites (N-methyl/N-ethyl adjacent to an activating group) is 1. The van der Waals surface area contributed by atoms with Gasteiger partial charge in [-0.1, -0.05) is 24.3 Å². The SMILES string of the molecule is CC(C)N1CCN(C)[C@H](c2ccc(-c3cc4c(N5CCN(C(=O)C6CC6)CC5)ccnn4c3)cc2)C1. The number of aromatic nitrogens is 2. The lowest BCUT2D eigenvalue weighted by Gasteiger charge is -2.41. The monoisotopic (exact) mass is 486 g/mol. The van der Waals surface area contributed by atoms with Crippen LogP contribution in [0.4, 0.5) is 5.69 Å². The standard InChI is InChI=1S/C29H38N6O/c1-21(2)34-13-12-31(3)28(20-34)23-6-4-22(5-7-23)25-18-27-26(10-11-30-35(27)19-25)32-14-16-33(17-15-32)29(36)24-8-9-24/h4-7,10-11,18-19,21,24,28H,8-9,12-17,20H2,1-3H3/t28-/m0/s1. The molecule has 3 aliphatic rings. The Labute approximate surface area is 214 Å². The Morgan fingerprint density at radius 2 is 1.69 bits per heavy atom. The number of hydrogen-bond donors (Lipinski definition) is 0. The molecule has 190 valence electrons. The van der Waals surface area contributed by atoms with Crippen molar-refractivity contribution in [2.45, 2.75) is 38.8 Å². The van der Waals surface area contributed by atoms with Gasteiger partial charge in [0.25, 0.3) is 0 Å². The zero-order chi connectivity index (χ0) is 24.8. The number of nitrogens with zero attached hydrogens (tertiary/aromatic N) is 6. The first-order valence-electron chi connectivity index (χ1n) is 13.5. The van der Waals surface area contributed by atoms with E-state index in [-0.39, 0.29) is 0 Å². The zero-order valence-corrected chi connectivity index (χ0v) is 21.8. The third-order valence-electron chi connectivity index (χ3n) is 8.38. The van der Waals surface area contributed by atoms with Crippen LogP contribution >= 0.6 is 0 Å². The predicted molar refractivity (Wildman–Crippen MR) is 144 cm³/mol. The number of fused-ring (bicyclic) bond motifs is 1. The van der Waals surface area contributed by atoms with Crippen molar-refractivity contribution >= 4 is 17.1 Å². The van der Waals surface area contributed by atoms with Gasteiger partial charge >= 0.3 is 0 Å². The van der Waals surface area contributed by atoms with E-state index in [9.17, 15) is 4.79 Å². The first-order valence-corrected chi connectivity index (χ1v) is 13.5. The van der Waals surface area contributed by atoms with Gasteiger partial charge in [-0.2, -0.15) is 5.10 Å². The molecule has 2 aliphatic heterocycles. The topological polar surface area (TPSA) is 47.3 Å². The molecule has 1 atom stereocenters. The van der Waals surface area contributed by atoms with E-state index >= 15 is 0 Å². The zero-order valence-electron chi connectivity index (χ0n) is 21.8. The lowest BCUT2D eigenvalue weighted by molar-refractivity contribution is -0.132. The van der Waals surface area contributed by atoms with E-state index in [4.69, 9.17) is 0 Å². The molecule has 4 heterocycles. The summed E-state index contributed by atoms with van der Waals surface area (Å²) in [6, 6.07) is 14.5. The van der Waals surface area contributed by atoms with Gasteiger partial charge in [-0.05, 0) is 57.0 Å². The molecule has 6 rings (SSSR count). The highest BCUT2D eigenvalue weighted by molar-refractivity contribution is 5.82. The Balaban J connectivity index is 1.20. The molecule has 1 amide bonds. The molecule has 0 bridgehead atoms. The molecular weight excluding hydrogens is 448 g/mol. The molecular formula is C29H38N6O. The van der Waals surface area contributed by atoms with Crippen molar-refractivity contribution in [3.63, 3.8) is 0 Å². The number of piperazine rings is 2. The maximum Gasteiger partial charge on any atom is 0.225 e. The molecule has 3 aromatic rings. The van der Waals surface area contributed by atoms with Crippen LogP contribution in [0.25, 0.3) is 16.6 Å². The third-order valence-corrected chi connectivity index (χ3v) is 8.38. The Morgan fingerprint density at radius 3 is 2.39 bits per heavy atom. The van der Waals surface area contributed by atoms with Gasteiger partial charge in [0.2, 0.25) is 5.91 Å². The minimum Gasteiger partial charge on any atom is -0.366 e. The third kappa shape index (κ3) is 4.50. The van der Waals surface area contributed by atoms with Crippen LogP contribution in [0.3, 0.4) is 0 Å². The average molecular weight is 487 g/mol. The molecule has 2 saturated heterocycles. The molecule has 0 spiro atoms. The Bertz CT molecular complexity index is 1220. The Hall–Kier alpha value is -2.90. The van der Waals surface area contributed by atoms with Crippen molar-refractivity contribution in [3.8, 4) is 11.1 Å². The van der Waals surface area contributed by atoms with Crippen LogP contribution in [0.1, 0.15) is 38.3 Å². The average Bonchev–Trinajstić information content (AvgIpc) is 3.66. The number of carbonyl (C=O) groups is 1. The summed E-state index contributed by atoms with van der Waals surface area (Å²) in [7, 11) is 2.24. The largest absolute Gasteiger partial charge is 0.366 e. The number of benzene rings is 1. The number of rotatable bonds is 5. The van der Waals surface area contributed by atoms with E-state index < -0.39 is 0 Å². The molecule has 2 aromatic heterocycles. The van der Waals surface area contributed by atoms with Crippen molar-refractivity contribution in [2.24, 2.45) is 5.92 Å². The lowest BCUT2D eigenvalue weighted by Crippen LogP contribution is -2.49. The van der Waals surface area contributed by atoms with Crippen LogP contribution in [-0.4, -0.2) is 89.1 Å². The van der Waals surface area contributed by atoms with Crippen LogP contribution in [0.5, 0.6) is 0 Å². The second-order valence-corrected chi connectivity index (χ2v) is 11.1. The van der Waals surface area contributed by atoms with Crippen molar-refractivity contribution in [1.29, 1.82) is 0 Å². The normalized spacial score (nSPS) is 22.1. The van der Waals surface area contributed by atoms with Gasteiger partial charge in [-0.3, -0.25) is 14.6 Å². The van der Waals surface area contributed by atoms with Gasteiger partial charge in [0.05, 0.1) is 11.2 Å². The van der Waals surface area contributed by atoms with Crippen molar-refractivity contribution in [1.82, 2.24) is 24.3 Å². The van der Waals surface area contributed by atoms with Crippen LogP contribution in [0.2, 0.25) is 0 Å². The van der Waals surface area contributed by atoms with Crippen LogP contribution in [0, 0.1) is 5.92 Å². The van der Waals surface area contributed by atoms with Crippen molar-refractivity contribution in [2.75, 3.05) is 57.8 Å². The highest BCUT2D eigenvalue weighted by Crippen LogP contribution is 2.33. The van der Waals surface area contributed by atoms with Gasteiger partial charge in [0.1, 0.15) is 0 Å². The first-order chi connectivity index (χ1) is 17.5. The van der Waals surface area contributed by atoms with Crippen LogP contribution < -0.4 is 4.90 Å². The molecule has 0 radical (unpaired) electrons. The van der Waals surface area contributed by atoms with E-state index in [0.29, 0.717) is 23.9 Å². The fourth-order valence-corrected chi connectivity index (χ4v) is 5.80. The molecule has 1 aliphatic carbocycles. The molecule has 7 nitrogen and oxygen atoms in total. The summed E-state index contributed by atoms with van der Waals surface area (Å²) in [4.78, 5) is 22.0. The number of amides is 1. The molecule has 1 saturated carbocycles. The van der Waals surface area contributed by atoms with Gasteiger partial charge in [-0.25, -0.2) is 4.52 Å². The van der Waals surface area contributed by atoms with E-state index in [2.05, 4.69) is 88.2 Å². The summed E-state index contributed by atoms with van der Waals surface area (Å²) in [6.45, 7) is 11.3. The Kier molecular flexibility index (Phi) is 6.21. The van der Waals surface area contributed by atoms with Crippen LogP contribution in [0.15, 0.2) is 48.8 Å². The molecule has 0 unspecified atom stereocenters. The second-order valence-electron chi connectivity index (χ2n) is 11.1. The number of hydrogen-bond acceptors (Lipinski definition) is 5. The summed E-state index contributed by atoms with van der Waals surface area (Å²) in [5.41, 5.74) is 6.11. The summed E-state index contributed by atoms with van der Waals surface area (Å²) < 4.78 is 2.00. The summed E-state index contributed by atoms with van der Waals surface area (Å²) in [5.74, 6) is 0.663. The number of carbonyl (C=O) groups excluding carboxylic acids is 1. The fourth-order valence-electron chi connectivity index (χ4n) is 5.80. The summed E-state index contributed by atoms with van der Waals surface area (Å²) >= 11 is 0. The smallest absolute Gasteiger partial charge is 0.225 e. The minimum absolute atomic E-state index is 0.302. The minimum atomic E-state index is 0.302. The van der Waals surface area contributed by atoms with Gasteiger partial charge in [0.15, 0.2) is 0 Å². The Morgan fingerprint density at radius 1 is 0.944 bits per heavy atom. The number of anilines is 1. The summed E-state index contributed by atoms with van der Waals surface area (Å²) in [5, 5.41) is 4.60. The molecule has 0 N–H and O–H groups in total. The van der Waals surface area contributed by atoms with Crippen molar-refractivity contribution in [3.05, 3.63) is 54.4 Å². The maximum absolute atomic E-state index is 12.5. The van der Waals surface area contributed by atoms with Gasteiger partial charge in [-0.15, -0.1) is 0 Å². The van der Waals surface area contributed by atoms with Crippen LogP contribution in [-0.2, 0) is 4.79 Å². The van der Waals surface area contributed by atoms with Gasteiger partial charge < -0.3 is 9.80 Å². The predicted octanol–water partition coefficient (Wildman–Crippen LogP) is 3.76. The molecule has 3 fully saturated rings. The molecule has 1 aromatic carbocycles. The lowest BCUT2D eigenvalue weighted by atomic mass is 9.99. The molecule has 36 heavy (non-hydrogen) atoms. The highest BCUT2D eigenvalue weighted by Gasteiger charge is 2.35. The quantitative estimate of drug-likeness (QED) is 0.550. The second kappa shape index (κ2) is 9.52. The van der Waals surface area contributed by atoms with E-state index in [0.717, 1.165) is 64.2 Å². The maximum atomic E-state index is 12.5. The fraction of sp³-hybridized carbons (Fsp3) is 0.517. The van der Waals surface area contributed by atoms with E-state index in [1.165, 1.54) is 22.4 Å². The van der Waals surface area contributed by atoms with Gasteiger partial charge in [0, 0.05) is 81.8 Å². The van der Waals surface area contributed by atoms with Crippen molar-refractivity contribution < 1.29 is 4.79 Å².